The molecule has 0 saturated carbocycles. The van der Waals surface area contributed by atoms with E-state index in [1.54, 1.807) is 0 Å². The normalized spacial score (nSPS) is 10.1. The average Bonchev–Trinajstić information content (AvgIpc) is 2.70. The van der Waals surface area contributed by atoms with Gasteiger partial charge < -0.3 is 5.73 Å². The Hall–Kier alpha value is -4.00. The zero-order valence-corrected chi connectivity index (χ0v) is 14.2. The summed E-state index contributed by atoms with van der Waals surface area (Å²) in [7, 11) is 0. The Labute approximate surface area is 155 Å². The van der Waals surface area contributed by atoms with Crippen molar-refractivity contribution in [2.24, 2.45) is 5.10 Å². The van der Waals surface area contributed by atoms with Crippen LogP contribution in [0.2, 0.25) is 0 Å². The lowest BCUT2D eigenvalue weighted by atomic mass is 10.0. The molecule has 3 aromatic carbocycles. The molecule has 134 valence electrons. The zero-order chi connectivity index (χ0) is 19.2. The Kier molecular flexibility index (Phi) is 5.22. The van der Waals surface area contributed by atoms with Crippen LogP contribution in [-0.2, 0) is 0 Å². The van der Waals surface area contributed by atoms with Gasteiger partial charge in [-0.1, -0.05) is 60.7 Å². The first-order chi connectivity index (χ1) is 13.1. The lowest BCUT2D eigenvalue weighted by Crippen LogP contribution is -2.21. The first-order valence-corrected chi connectivity index (χ1v) is 8.09. The fourth-order valence-corrected chi connectivity index (χ4v) is 2.50. The predicted octanol–water partition coefficient (Wildman–Crippen LogP) is 3.36. The molecule has 0 spiro atoms. The van der Waals surface area contributed by atoms with Crippen molar-refractivity contribution in [1.29, 1.82) is 0 Å². The third-order valence-electron chi connectivity index (χ3n) is 3.85. The van der Waals surface area contributed by atoms with Crippen LogP contribution in [0.15, 0.2) is 84.0 Å². The smallest absolute Gasteiger partial charge is 0.292 e. The largest absolute Gasteiger partial charge is 0.393 e. The Bertz CT molecular complexity index is 961. The number of nitro benzene ring substituents is 1. The van der Waals surface area contributed by atoms with Crippen molar-refractivity contribution in [1.82, 2.24) is 5.43 Å². The lowest BCUT2D eigenvalue weighted by molar-refractivity contribution is -0.383. The maximum Gasteiger partial charge on any atom is 0.292 e. The fourth-order valence-electron chi connectivity index (χ4n) is 2.50. The third-order valence-corrected chi connectivity index (χ3v) is 3.85. The van der Waals surface area contributed by atoms with Crippen LogP contribution in [-0.4, -0.2) is 16.5 Å². The summed E-state index contributed by atoms with van der Waals surface area (Å²) < 4.78 is 0. The van der Waals surface area contributed by atoms with E-state index < -0.39 is 10.8 Å². The van der Waals surface area contributed by atoms with Crippen LogP contribution < -0.4 is 11.2 Å². The number of rotatable bonds is 5. The summed E-state index contributed by atoms with van der Waals surface area (Å²) in [4.78, 5) is 22.8. The monoisotopic (exact) mass is 360 g/mol. The molecule has 3 N–H and O–H groups in total. The number of nitro groups is 1. The number of nitrogens with one attached hydrogen (secondary N) is 1. The zero-order valence-electron chi connectivity index (χ0n) is 14.2. The first kappa shape index (κ1) is 17.8. The number of hydrogen-bond donors (Lipinski definition) is 2. The van der Waals surface area contributed by atoms with Gasteiger partial charge in [0.15, 0.2) is 0 Å². The van der Waals surface area contributed by atoms with Crippen LogP contribution in [0.5, 0.6) is 0 Å². The molecule has 0 unspecified atom stereocenters. The van der Waals surface area contributed by atoms with Gasteiger partial charge in [0.05, 0.1) is 10.6 Å². The van der Waals surface area contributed by atoms with Gasteiger partial charge in [-0.15, -0.1) is 0 Å². The molecule has 0 aliphatic rings. The number of nitrogens with two attached hydrogens (primary N) is 1. The topological polar surface area (TPSA) is 111 Å². The molecule has 0 aromatic heterocycles. The molecular weight excluding hydrogens is 344 g/mol. The number of benzene rings is 3. The van der Waals surface area contributed by atoms with Crippen molar-refractivity contribution < 1.29 is 9.72 Å². The highest BCUT2D eigenvalue weighted by atomic mass is 16.6. The number of carbonyl (C=O) groups is 1. The fraction of sp³-hybridized carbons (Fsp3) is 0. The molecule has 0 radical (unpaired) electrons. The van der Waals surface area contributed by atoms with Crippen molar-refractivity contribution in [3.8, 4) is 0 Å². The first-order valence-electron chi connectivity index (χ1n) is 8.09. The molecule has 0 aliphatic carbocycles. The van der Waals surface area contributed by atoms with Gasteiger partial charge in [-0.05, 0) is 12.1 Å². The number of nitrogen functional groups attached to an aromatic ring is 1. The van der Waals surface area contributed by atoms with Gasteiger partial charge >= 0.3 is 0 Å². The van der Waals surface area contributed by atoms with Gasteiger partial charge in [0.25, 0.3) is 11.6 Å². The second-order valence-corrected chi connectivity index (χ2v) is 5.66. The second-order valence-electron chi connectivity index (χ2n) is 5.66. The Morgan fingerprint density at radius 3 is 1.96 bits per heavy atom. The highest BCUT2D eigenvalue weighted by molar-refractivity contribution is 6.13. The SMILES string of the molecule is Nc1ccc(C(=O)NN=C(c2ccccc2)c2ccccc2)cc1[N+](=O)[O-]. The summed E-state index contributed by atoms with van der Waals surface area (Å²) in [6.07, 6.45) is 0. The van der Waals surface area contributed by atoms with E-state index in [2.05, 4.69) is 10.5 Å². The molecular formula is C20H16N4O3. The van der Waals surface area contributed by atoms with Gasteiger partial charge in [-0.25, -0.2) is 5.43 Å². The second kappa shape index (κ2) is 7.92. The quantitative estimate of drug-likeness (QED) is 0.314. The van der Waals surface area contributed by atoms with Crippen LogP contribution in [0.25, 0.3) is 0 Å². The molecule has 0 bridgehead atoms. The Morgan fingerprint density at radius 2 is 1.44 bits per heavy atom. The van der Waals surface area contributed by atoms with Crippen molar-refractivity contribution in [3.63, 3.8) is 0 Å². The van der Waals surface area contributed by atoms with Crippen molar-refractivity contribution in [3.05, 3.63) is 106 Å². The molecule has 7 heteroatoms. The van der Waals surface area contributed by atoms with Gasteiger partial charge in [-0.3, -0.25) is 14.9 Å². The molecule has 1 amide bonds. The minimum absolute atomic E-state index is 0.00527. The molecule has 7 nitrogen and oxygen atoms in total. The van der Waals surface area contributed by atoms with E-state index in [9.17, 15) is 14.9 Å². The molecule has 0 heterocycles. The maximum atomic E-state index is 12.4. The molecule has 0 atom stereocenters. The summed E-state index contributed by atoms with van der Waals surface area (Å²) in [5.41, 5.74) is 10.0. The highest BCUT2D eigenvalue weighted by Gasteiger charge is 2.16. The van der Waals surface area contributed by atoms with Gasteiger partial charge in [0, 0.05) is 22.8 Å². The molecule has 3 rings (SSSR count). The van der Waals surface area contributed by atoms with Crippen molar-refractivity contribution in [2.45, 2.75) is 0 Å². The van der Waals surface area contributed by atoms with E-state index in [0.717, 1.165) is 17.2 Å². The van der Waals surface area contributed by atoms with Crippen LogP contribution >= 0.6 is 0 Å². The predicted molar refractivity (Wildman–Crippen MR) is 103 cm³/mol. The van der Waals surface area contributed by atoms with Crippen LogP contribution in [0.3, 0.4) is 0 Å². The molecule has 0 fully saturated rings. The minimum atomic E-state index is -0.630. The average molecular weight is 360 g/mol. The van der Waals surface area contributed by atoms with E-state index in [0.29, 0.717) is 5.71 Å². The summed E-state index contributed by atoms with van der Waals surface area (Å²) in [5.74, 6) is -0.567. The maximum absolute atomic E-state index is 12.4. The summed E-state index contributed by atoms with van der Waals surface area (Å²) in [6.45, 7) is 0. The van der Waals surface area contributed by atoms with E-state index in [4.69, 9.17) is 5.73 Å². The van der Waals surface area contributed by atoms with Gasteiger partial charge in [-0.2, -0.15) is 5.10 Å². The number of nitrogens with zero attached hydrogens (tertiary/aromatic N) is 2. The number of anilines is 1. The van der Waals surface area contributed by atoms with E-state index in [1.165, 1.54) is 12.1 Å². The standard InChI is InChI=1S/C20H16N4O3/c21-17-12-11-16(13-18(17)24(26)27)20(25)23-22-19(14-7-3-1-4-8-14)15-9-5-2-6-10-15/h1-13H,21H2,(H,23,25). The molecule has 0 saturated heterocycles. The summed E-state index contributed by atoms with van der Waals surface area (Å²) in [6, 6.07) is 22.7. The van der Waals surface area contributed by atoms with Crippen molar-refractivity contribution in [2.75, 3.05) is 5.73 Å². The third kappa shape index (κ3) is 4.16. The van der Waals surface area contributed by atoms with Crippen LogP contribution in [0.4, 0.5) is 11.4 Å². The van der Waals surface area contributed by atoms with Crippen molar-refractivity contribution >= 4 is 23.0 Å². The molecule has 0 aliphatic heterocycles. The van der Waals surface area contributed by atoms with Crippen LogP contribution in [0, 0.1) is 10.1 Å². The van der Waals surface area contributed by atoms with E-state index >= 15 is 0 Å². The van der Waals surface area contributed by atoms with Crippen LogP contribution in [0.1, 0.15) is 21.5 Å². The number of hydrogen-bond acceptors (Lipinski definition) is 5. The minimum Gasteiger partial charge on any atom is -0.393 e. The van der Waals surface area contributed by atoms with E-state index in [-0.39, 0.29) is 16.9 Å². The summed E-state index contributed by atoms with van der Waals surface area (Å²) in [5, 5.41) is 15.3. The number of hydrazone groups is 1. The Morgan fingerprint density at radius 1 is 0.889 bits per heavy atom. The lowest BCUT2D eigenvalue weighted by Gasteiger charge is -2.08. The molecule has 3 aromatic rings. The highest BCUT2D eigenvalue weighted by Crippen LogP contribution is 2.22. The van der Waals surface area contributed by atoms with Gasteiger partial charge in [0.1, 0.15) is 5.69 Å². The molecule has 27 heavy (non-hydrogen) atoms. The summed E-state index contributed by atoms with van der Waals surface area (Å²) >= 11 is 0. The van der Waals surface area contributed by atoms with Gasteiger partial charge in [0.2, 0.25) is 0 Å². The number of amides is 1. The van der Waals surface area contributed by atoms with E-state index in [1.807, 2.05) is 60.7 Å². The number of carbonyl (C=O) groups excluding carboxylic acids is 1. The Balaban J connectivity index is 1.92.